The summed E-state index contributed by atoms with van der Waals surface area (Å²) in [5, 5.41) is 0. The van der Waals surface area contributed by atoms with Crippen molar-refractivity contribution in [2.45, 2.75) is 0 Å². The molecule has 0 bridgehead atoms. The lowest BCUT2D eigenvalue weighted by Crippen LogP contribution is -1.86. The van der Waals surface area contributed by atoms with Crippen molar-refractivity contribution >= 4 is 12.2 Å². The lowest BCUT2D eigenvalue weighted by atomic mass is 10.2. The van der Waals surface area contributed by atoms with E-state index >= 15 is 0 Å². The Labute approximate surface area is 69.3 Å². The summed E-state index contributed by atoms with van der Waals surface area (Å²) in [6.07, 6.45) is 3.42. The quantitative estimate of drug-likeness (QED) is 0.602. The summed E-state index contributed by atoms with van der Waals surface area (Å²) in [7, 11) is 0. The van der Waals surface area contributed by atoms with Crippen LogP contribution in [0.3, 0.4) is 0 Å². The fourth-order valence-corrected chi connectivity index (χ4v) is 1.26. The van der Waals surface area contributed by atoms with Crippen LogP contribution in [0.5, 0.6) is 0 Å². The molecular weight excluding hydrogens is 156 g/mol. The zero-order valence-electron chi connectivity index (χ0n) is 5.74. The van der Waals surface area contributed by atoms with E-state index in [4.69, 9.17) is 12.2 Å². The number of hydrogen-bond acceptors (Lipinski definition) is 2. The van der Waals surface area contributed by atoms with Gasteiger partial charge in [0.15, 0.2) is 0 Å². The van der Waals surface area contributed by atoms with Crippen molar-refractivity contribution in [1.29, 1.82) is 0 Å². The van der Waals surface area contributed by atoms with Gasteiger partial charge in [-0.1, -0.05) is 18.3 Å². The Morgan fingerprint density at radius 2 is 2.27 bits per heavy atom. The van der Waals surface area contributed by atoms with Crippen molar-refractivity contribution in [3.63, 3.8) is 0 Å². The smallest absolute Gasteiger partial charge is 0.0923 e. The van der Waals surface area contributed by atoms with E-state index < -0.39 is 0 Å². The molecule has 54 valence electrons. The maximum Gasteiger partial charge on any atom is 0.0923 e. The monoisotopic (exact) mass is 162 g/mol. The van der Waals surface area contributed by atoms with E-state index in [1.54, 1.807) is 12.5 Å². The van der Waals surface area contributed by atoms with E-state index in [1.165, 1.54) is 0 Å². The molecule has 2 rings (SSSR count). The van der Waals surface area contributed by atoms with E-state index in [9.17, 15) is 0 Å². The summed E-state index contributed by atoms with van der Waals surface area (Å²) < 4.78 is 0.840. The standard InChI is InChI=1S/C8H6N2S/c11-8-3-1-2-7-6(8)4-9-5-10-7/h1-5H,(H,9,10). The van der Waals surface area contributed by atoms with Crippen LogP contribution in [0.1, 0.15) is 0 Å². The number of nitrogens with one attached hydrogen (secondary N) is 1. The van der Waals surface area contributed by atoms with Crippen LogP contribution in [-0.2, 0) is 0 Å². The van der Waals surface area contributed by atoms with Crippen LogP contribution < -0.4 is 0 Å². The topological polar surface area (TPSA) is 28.7 Å². The Hall–Kier alpha value is -1.22. The Morgan fingerprint density at radius 3 is 3.09 bits per heavy atom. The van der Waals surface area contributed by atoms with Gasteiger partial charge in [-0.15, -0.1) is 0 Å². The van der Waals surface area contributed by atoms with Gasteiger partial charge in [-0.25, -0.2) is 4.98 Å². The van der Waals surface area contributed by atoms with Crippen molar-refractivity contribution in [3.8, 4) is 11.3 Å². The first-order chi connectivity index (χ1) is 5.38. The zero-order chi connectivity index (χ0) is 7.68. The number of H-pyrrole nitrogens is 1. The van der Waals surface area contributed by atoms with Crippen molar-refractivity contribution < 1.29 is 0 Å². The van der Waals surface area contributed by atoms with E-state index in [-0.39, 0.29) is 0 Å². The fourth-order valence-electron chi connectivity index (χ4n) is 1.02. The molecule has 2 nitrogen and oxygen atoms in total. The van der Waals surface area contributed by atoms with Gasteiger partial charge < -0.3 is 4.98 Å². The highest BCUT2D eigenvalue weighted by Crippen LogP contribution is 2.17. The van der Waals surface area contributed by atoms with Gasteiger partial charge in [-0.3, -0.25) is 0 Å². The number of hydrogen-bond donors (Lipinski definition) is 1. The van der Waals surface area contributed by atoms with Crippen molar-refractivity contribution in [3.05, 3.63) is 35.2 Å². The minimum absolute atomic E-state index is 0.840. The Morgan fingerprint density at radius 1 is 1.36 bits per heavy atom. The molecule has 2 aliphatic rings. The second-order valence-corrected chi connectivity index (χ2v) is 2.71. The largest absolute Gasteiger partial charge is 0.346 e. The Balaban J connectivity index is 2.90. The summed E-state index contributed by atoms with van der Waals surface area (Å²) in [4.78, 5) is 6.97. The van der Waals surface area contributed by atoms with Gasteiger partial charge in [0.1, 0.15) is 0 Å². The number of nitrogens with zero attached hydrogens (tertiary/aromatic N) is 1. The molecule has 0 amide bonds. The molecule has 1 aliphatic heterocycles. The molecule has 0 spiro atoms. The minimum atomic E-state index is 0.840. The van der Waals surface area contributed by atoms with Crippen LogP contribution >= 0.6 is 12.2 Å². The maximum atomic E-state index is 5.09. The van der Waals surface area contributed by atoms with Crippen molar-refractivity contribution in [2.75, 3.05) is 0 Å². The summed E-state index contributed by atoms with van der Waals surface area (Å²) in [6, 6.07) is 5.81. The summed E-state index contributed by atoms with van der Waals surface area (Å²) in [5.74, 6) is 0. The SMILES string of the molecule is S=c1cccc2[nH]cncc1-2. The second-order valence-electron chi connectivity index (χ2n) is 2.27. The molecule has 0 saturated carbocycles. The Kier molecular flexibility index (Phi) is 1.43. The molecule has 1 N–H and O–H groups in total. The minimum Gasteiger partial charge on any atom is -0.346 e. The van der Waals surface area contributed by atoms with Crippen LogP contribution in [0.15, 0.2) is 30.7 Å². The molecule has 0 radical (unpaired) electrons. The Bertz CT molecular complexity index is 394. The van der Waals surface area contributed by atoms with Gasteiger partial charge in [0.05, 0.1) is 6.33 Å². The number of rotatable bonds is 0. The highest BCUT2D eigenvalue weighted by molar-refractivity contribution is 7.71. The third kappa shape index (κ3) is 1.03. The van der Waals surface area contributed by atoms with Gasteiger partial charge in [-0.2, -0.15) is 0 Å². The first-order valence-corrected chi connectivity index (χ1v) is 3.70. The number of aromatic amines is 1. The van der Waals surface area contributed by atoms with Crippen LogP contribution in [0.25, 0.3) is 11.3 Å². The fraction of sp³-hybridized carbons (Fsp3) is 0. The van der Waals surface area contributed by atoms with E-state index in [1.807, 2.05) is 18.2 Å². The molecule has 0 saturated heterocycles. The molecule has 0 aromatic carbocycles. The molecule has 0 unspecified atom stereocenters. The molecule has 3 heteroatoms. The maximum absolute atomic E-state index is 5.09. The van der Waals surface area contributed by atoms with Crippen LogP contribution in [0.4, 0.5) is 0 Å². The van der Waals surface area contributed by atoms with Crippen molar-refractivity contribution in [2.24, 2.45) is 0 Å². The van der Waals surface area contributed by atoms with Gasteiger partial charge in [0, 0.05) is 22.0 Å². The van der Waals surface area contributed by atoms with Crippen LogP contribution in [-0.4, -0.2) is 9.97 Å². The van der Waals surface area contributed by atoms with Gasteiger partial charge in [0.2, 0.25) is 0 Å². The summed E-state index contributed by atoms with van der Waals surface area (Å²) in [5.41, 5.74) is 2.04. The van der Waals surface area contributed by atoms with E-state index in [2.05, 4.69) is 9.97 Å². The van der Waals surface area contributed by atoms with Gasteiger partial charge in [-0.05, 0) is 12.1 Å². The van der Waals surface area contributed by atoms with Crippen LogP contribution in [0, 0.1) is 4.51 Å². The first kappa shape index (κ1) is 6.49. The predicted octanol–water partition coefficient (Wildman–Crippen LogP) is 2.24. The average molecular weight is 162 g/mol. The lowest BCUT2D eigenvalue weighted by Gasteiger charge is -2.01. The molecule has 0 fully saturated rings. The summed E-state index contributed by atoms with van der Waals surface area (Å²) in [6.45, 7) is 0. The second kappa shape index (κ2) is 2.43. The zero-order valence-corrected chi connectivity index (χ0v) is 6.56. The molecule has 0 aromatic heterocycles. The molecule has 1 aliphatic carbocycles. The average Bonchev–Trinajstić information content (AvgIpc) is 2.06. The molecule has 1 heterocycles. The highest BCUT2D eigenvalue weighted by Gasteiger charge is 1.99. The molecule has 0 aromatic rings. The van der Waals surface area contributed by atoms with Crippen molar-refractivity contribution in [1.82, 2.24) is 9.97 Å². The third-order valence-corrected chi connectivity index (χ3v) is 1.92. The first-order valence-electron chi connectivity index (χ1n) is 3.29. The normalized spacial score (nSPS) is 10.2. The number of aromatic nitrogens is 2. The van der Waals surface area contributed by atoms with E-state index in [0.717, 1.165) is 15.8 Å². The number of benzene rings is 1. The summed E-state index contributed by atoms with van der Waals surface area (Å²) >= 11 is 5.09. The number of fused-ring (bicyclic) bond motifs is 1. The highest BCUT2D eigenvalue weighted by atomic mass is 32.1. The lowest BCUT2D eigenvalue weighted by molar-refractivity contribution is 1.16. The molecule has 11 heavy (non-hydrogen) atoms. The third-order valence-electron chi connectivity index (χ3n) is 1.56. The van der Waals surface area contributed by atoms with Gasteiger partial charge >= 0.3 is 0 Å². The van der Waals surface area contributed by atoms with E-state index in [0.29, 0.717) is 0 Å². The van der Waals surface area contributed by atoms with Crippen LogP contribution in [0.2, 0.25) is 0 Å². The van der Waals surface area contributed by atoms with Gasteiger partial charge in [0.25, 0.3) is 0 Å². The molecular formula is C8H6N2S. The molecule has 0 atom stereocenters. The predicted molar refractivity (Wildman–Crippen MR) is 46.0 cm³/mol.